The topological polar surface area (TPSA) is 52.5 Å². The summed E-state index contributed by atoms with van der Waals surface area (Å²) in [6.45, 7) is 3.78. The highest BCUT2D eigenvalue weighted by Gasteiger charge is 1.95. The Balaban J connectivity index is 3.14. The van der Waals surface area contributed by atoms with E-state index in [9.17, 15) is 0 Å². The summed E-state index contributed by atoms with van der Waals surface area (Å²) in [7, 11) is 0. The second-order valence-electron chi connectivity index (χ2n) is 1.80. The van der Waals surface area contributed by atoms with Crippen LogP contribution < -0.4 is 5.73 Å². The molecule has 2 N–H and O–H groups in total. The van der Waals surface area contributed by atoms with Crippen LogP contribution in [0.2, 0.25) is 0 Å². The molecule has 0 aliphatic heterocycles. The fraction of sp³-hybridized carbons (Fsp3) is 0.400. The predicted molar refractivity (Wildman–Crippen MR) is 30.8 cm³/mol. The second-order valence-corrected chi connectivity index (χ2v) is 1.80. The van der Waals surface area contributed by atoms with Crippen molar-refractivity contribution < 1.29 is 0 Å². The zero-order valence-electron chi connectivity index (χ0n) is 4.95. The van der Waals surface area contributed by atoms with Gasteiger partial charge in [0.1, 0.15) is 0 Å². The van der Waals surface area contributed by atoms with Gasteiger partial charge in [-0.25, -0.2) is 4.98 Å². The lowest BCUT2D eigenvalue weighted by atomic mass is 10.4. The van der Waals surface area contributed by atoms with Crippen LogP contribution in [0.25, 0.3) is 0 Å². The van der Waals surface area contributed by atoms with Gasteiger partial charge in [-0.3, -0.25) is 5.73 Å². The molecular weight excluding hydrogens is 102 g/mol. The molecule has 1 aromatic heterocycles. The van der Waals surface area contributed by atoms with Gasteiger partial charge in [0.25, 0.3) is 0 Å². The SMILES string of the molecule is Cc1nc([NH])[nH]c1C. The zero-order valence-corrected chi connectivity index (χ0v) is 4.95. The lowest BCUT2D eigenvalue weighted by molar-refractivity contribution is 1.19. The van der Waals surface area contributed by atoms with E-state index in [0.29, 0.717) is 0 Å². The summed E-state index contributed by atoms with van der Waals surface area (Å²) in [5.74, 6) is 0.250. The minimum absolute atomic E-state index is 0.250. The summed E-state index contributed by atoms with van der Waals surface area (Å²) in [6.07, 6.45) is 0. The summed E-state index contributed by atoms with van der Waals surface area (Å²) in [5, 5.41) is 0. The van der Waals surface area contributed by atoms with E-state index in [1.54, 1.807) is 0 Å². The molecule has 3 nitrogen and oxygen atoms in total. The molecule has 3 heteroatoms. The first-order valence-corrected chi connectivity index (χ1v) is 2.45. The van der Waals surface area contributed by atoms with Crippen molar-refractivity contribution in [1.29, 1.82) is 0 Å². The Morgan fingerprint density at radius 1 is 1.50 bits per heavy atom. The quantitative estimate of drug-likeness (QED) is 0.531. The lowest BCUT2D eigenvalue weighted by Crippen LogP contribution is -1.71. The van der Waals surface area contributed by atoms with E-state index in [1.807, 2.05) is 13.8 Å². The Morgan fingerprint density at radius 2 is 2.12 bits per heavy atom. The Hall–Kier alpha value is -0.990. The Labute approximate surface area is 47.9 Å². The molecule has 1 heterocycles. The molecule has 0 saturated carbocycles. The van der Waals surface area contributed by atoms with Gasteiger partial charge in [-0.15, -0.1) is 0 Å². The highest BCUT2D eigenvalue weighted by atomic mass is 15.0. The Kier molecular flexibility index (Phi) is 0.970. The first kappa shape index (κ1) is 5.15. The predicted octanol–water partition coefficient (Wildman–Crippen LogP) is 0.941. The highest BCUT2D eigenvalue weighted by molar-refractivity contribution is 5.20. The van der Waals surface area contributed by atoms with Crippen molar-refractivity contribution in [2.45, 2.75) is 13.8 Å². The third kappa shape index (κ3) is 0.665. The number of aromatic nitrogens is 2. The molecule has 0 spiro atoms. The van der Waals surface area contributed by atoms with Crippen molar-refractivity contribution in [3.63, 3.8) is 0 Å². The van der Waals surface area contributed by atoms with Crippen LogP contribution in [0.15, 0.2) is 0 Å². The van der Waals surface area contributed by atoms with Crippen molar-refractivity contribution in [1.82, 2.24) is 15.7 Å². The van der Waals surface area contributed by atoms with Gasteiger partial charge >= 0.3 is 0 Å². The molecular formula is C5H8N3. The third-order valence-corrected chi connectivity index (χ3v) is 1.13. The number of nitrogens with zero attached hydrogens (tertiary/aromatic N) is 1. The van der Waals surface area contributed by atoms with Crippen LogP contribution in [0, 0.1) is 13.8 Å². The third-order valence-electron chi connectivity index (χ3n) is 1.13. The van der Waals surface area contributed by atoms with Crippen LogP contribution in [-0.2, 0) is 0 Å². The molecule has 0 amide bonds. The number of nitrogens with one attached hydrogen (secondary N) is 2. The van der Waals surface area contributed by atoms with Crippen LogP contribution in [0.3, 0.4) is 0 Å². The van der Waals surface area contributed by atoms with Gasteiger partial charge in [-0.05, 0) is 13.8 Å². The summed E-state index contributed by atoms with van der Waals surface area (Å²) in [6, 6.07) is 0. The maximum atomic E-state index is 6.99. The van der Waals surface area contributed by atoms with E-state index in [1.165, 1.54) is 0 Å². The number of aryl methyl sites for hydroxylation is 2. The highest BCUT2D eigenvalue weighted by Crippen LogP contribution is 2.03. The van der Waals surface area contributed by atoms with Gasteiger partial charge in [0.2, 0.25) is 5.95 Å². The van der Waals surface area contributed by atoms with Crippen molar-refractivity contribution in [3.05, 3.63) is 11.4 Å². The molecule has 0 aromatic carbocycles. The molecule has 1 aromatic rings. The maximum absolute atomic E-state index is 6.99. The van der Waals surface area contributed by atoms with Crippen molar-refractivity contribution in [2.24, 2.45) is 0 Å². The molecule has 0 bridgehead atoms. The van der Waals surface area contributed by atoms with E-state index < -0.39 is 0 Å². The molecule has 0 atom stereocenters. The van der Waals surface area contributed by atoms with Crippen LogP contribution in [0.1, 0.15) is 11.4 Å². The Bertz CT molecular complexity index is 170. The number of hydrogen-bond donors (Lipinski definition) is 1. The van der Waals surface area contributed by atoms with Crippen LogP contribution in [-0.4, -0.2) is 9.97 Å². The summed E-state index contributed by atoms with van der Waals surface area (Å²) >= 11 is 0. The van der Waals surface area contributed by atoms with Crippen LogP contribution in [0.5, 0.6) is 0 Å². The molecule has 8 heavy (non-hydrogen) atoms. The fourth-order valence-corrected chi connectivity index (χ4v) is 0.548. The number of hydrogen-bond acceptors (Lipinski definition) is 1. The van der Waals surface area contributed by atoms with E-state index in [2.05, 4.69) is 9.97 Å². The number of rotatable bonds is 0. The molecule has 0 saturated heterocycles. The van der Waals surface area contributed by atoms with Crippen molar-refractivity contribution in [3.8, 4) is 0 Å². The fourth-order valence-electron chi connectivity index (χ4n) is 0.548. The van der Waals surface area contributed by atoms with Gasteiger partial charge in [-0.2, -0.15) is 0 Å². The van der Waals surface area contributed by atoms with Gasteiger partial charge in [-0.1, -0.05) is 0 Å². The summed E-state index contributed by atoms with van der Waals surface area (Å²) in [4.78, 5) is 6.58. The smallest absolute Gasteiger partial charge is 0.219 e. The average molecular weight is 110 g/mol. The molecule has 0 fully saturated rings. The standard InChI is InChI=1S/C5H8N3/c1-3-4(2)8-5(6)7-3/h6H,1-2H3,(H,7,8). The zero-order chi connectivity index (χ0) is 6.15. The molecule has 0 aliphatic rings. The number of aromatic amines is 1. The van der Waals surface area contributed by atoms with Crippen LogP contribution >= 0.6 is 0 Å². The molecule has 0 aliphatic carbocycles. The van der Waals surface area contributed by atoms with Crippen LogP contribution in [0.4, 0.5) is 5.95 Å². The van der Waals surface area contributed by atoms with Gasteiger partial charge < -0.3 is 4.98 Å². The largest absolute Gasteiger partial charge is 0.327 e. The lowest BCUT2D eigenvalue weighted by Gasteiger charge is -1.78. The molecule has 43 valence electrons. The summed E-state index contributed by atoms with van der Waals surface area (Å²) < 4.78 is 0. The molecule has 1 rings (SSSR count). The molecule has 0 unspecified atom stereocenters. The normalized spacial score (nSPS) is 9.75. The van der Waals surface area contributed by atoms with Crippen molar-refractivity contribution in [2.75, 3.05) is 0 Å². The van der Waals surface area contributed by atoms with E-state index in [4.69, 9.17) is 5.73 Å². The number of imidazole rings is 1. The van der Waals surface area contributed by atoms with E-state index in [-0.39, 0.29) is 5.95 Å². The maximum Gasteiger partial charge on any atom is 0.219 e. The van der Waals surface area contributed by atoms with E-state index >= 15 is 0 Å². The monoisotopic (exact) mass is 110 g/mol. The minimum atomic E-state index is 0.250. The first-order valence-electron chi connectivity index (χ1n) is 2.45. The second kappa shape index (κ2) is 1.51. The Morgan fingerprint density at radius 3 is 2.25 bits per heavy atom. The van der Waals surface area contributed by atoms with Crippen molar-refractivity contribution >= 4 is 5.95 Å². The number of H-pyrrole nitrogens is 1. The minimum Gasteiger partial charge on any atom is -0.327 e. The summed E-state index contributed by atoms with van der Waals surface area (Å²) in [5.41, 5.74) is 8.88. The average Bonchev–Trinajstić information content (AvgIpc) is 1.85. The van der Waals surface area contributed by atoms with Gasteiger partial charge in [0.15, 0.2) is 0 Å². The van der Waals surface area contributed by atoms with Gasteiger partial charge in [0, 0.05) is 5.69 Å². The first-order chi connectivity index (χ1) is 3.70. The molecule has 1 radical (unpaired) electrons. The van der Waals surface area contributed by atoms with Gasteiger partial charge in [0.05, 0.1) is 5.69 Å². The van der Waals surface area contributed by atoms with E-state index in [0.717, 1.165) is 11.4 Å².